The molecule has 0 aliphatic rings. The number of fused-ring (bicyclic) bond motifs is 1. The largest absolute Gasteiger partial charge is 0.207 e. The van der Waals surface area contributed by atoms with Crippen LogP contribution >= 0.6 is 0 Å². The Morgan fingerprint density at radius 1 is 0.632 bits per heavy atom. The fourth-order valence-electron chi connectivity index (χ4n) is 4.78. The van der Waals surface area contributed by atoms with Gasteiger partial charge in [-0.1, -0.05) is 50.1 Å². The average Bonchev–Trinajstić information content (AvgIpc) is 2.88. The minimum absolute atomic E-state index is 0.0570. The van der Waals surface area contributed by atoms with Crippen LogP contribution in [-0.4, -0.2) is 0 Å². The highest BCUT2D eigenvalue weighted by Gasteiger charge is 2.14. The quantitative estimate of drug-likeness (QED) is 0.151. The molecule has 0 fully saturated rings. The van der Waals surface area contributed by atoms with E-state index < -0.39 is 34.6 Å². The van der Waals surface area contributed by atoms with Crippen LogP contribution in [0.3, 0.4) is 0 Å². The summed E-state index contributed by atoms with van der Waals surface area (Å²) < 4.78 is 72.2. The SMILES string of the molecule is CCCCCc1cc(F)c(CCc2ccc3c(F)c(CCc4cc(F)c(C#N)c(F)c4)ccc3c2)c(F)c1. The molecule has 0 bridgehead atoms. The molecule has 6 heteroatoms. The third-order valence-corrected chi connectivity index (χ3v) is 6.93. The molecule has 38 heavy (non-hydrogen) atoms. The Morgan fingerprint density at radius 2 is 1.26 bits per heavy atom. The topological polar surface area (TPSA) is 23.8 Å². The monoisotopic (exact) mass is 521 g/mol. The van der Waals surface area contributed by atoms with Crippen LogP contribution in [0.2, 0.25) is 0 Å². The second kappa shape index (κ2) is 12.2. The van der Waals surface area contributed by atoms with E-state index >= 15 is 4.39 Å². The molecule has 0 N–H and O–H groups in total. The minimum atomic E-state index is -0.934. The first-order chi connectivity index (χ1) is 18.3. The fourth-order valence-corrected chi connectivity index (χ4v) is 4.78. The Balaban J connectivity index is 1.45. The van der Waals surface area contributed by atoms with E-state index in [4.69, 9.17) is 5.26 Å². The van der Waals surface area contributed by atoms with Gasteiger partial charge in [-0.25, -0.2) is 22.0 Å². The molecule has 4 aromatic rings. The smallest absolute Gasteiger partial charge is 0.144 e. The molecule has 0 heterocycles. The van der Waals surface area contributed by atoms with Crippen LogP contribution in [0.4, 0.5) is 22.0 Å². The van der Waals surface area contributed by atoms with E-state index in [0.717, 1.165) is 37.0 Å². The molecule has 0 aliphatic carbocycles. The molecule has 0 unspecified atom stereocenters. The van der Waals surface area contributed by atoms with Gasteiger partial charge in [0.25, 0.3) is 0 Å². The molecule has 0 radical (unpaired) electrons. The molecule has 196 valence electrons. The minimum Gasteiger partial charge on any atom is -0.207 e. The van der Waals surface area contributed by atoms with Gasteiger partial charge < -0.3 is 0 Å². The highest BCUT2D eigenvalue weighted by atomic mass is 19.1. The summed E-state index contributed by atoms with van der Waals surface area (Å²) in [4.78, 5) is 0. The van der Waals surface area contributed by atoms with Gasteiger partial charge in [-0.05, 0) is 90.4 Å². The zero-order valence-corrected chi connectivity index (χ0v) is 21.2. The molecular formula is C32H28F5N. The van der Waals surface area contributed by atoms with Crippen molar-refractivity contribution >= 4 is 10.8 Å². The molecule has 4 rings (SSSR count). The molecule has 0 spiro atoms. The van der Waals surface area contributed by atoms with Crippen LogP contribution in [0.15, 0.2) is 54.6 Å². The van der Waals surface area contributed by atoms with Crippen LogP contribution in [0, 0.1) is 40.4 Å². The Kier molecular flexibility index (Phi) is 8.78. The molecular weight excluding hydrogens is 493 g/mol. The first-order valence-corrected chi connectivity index (χ1v) is 12.9. The predicted molar refractivity (Wildman–Crippen MR) is 139 cm³/mol. The maximum absolute atomic E-state index is 15.2. The van der Waals surface area contributed by atoms with Gasteiger partial charge in [0, 0.05) is 10.9 Å². The van der Waals surface area contributed by atoms with E-state index in [1.807, 2.05) is 6.07 Å². The molecule has 0 amide bonds. The van der Waals surface area contributed by atoms with Crippen LogP contribution in [0.1, 0.15) is 59.6 Å². The molecule has 1 nitrogen and oxygen atoms in total. The van der Waals surface area contributed by atoms with E-state index in [2.05, 4.69) is 6.92 Å². The average molecular weight is 522 g/mol. The van der Waals surface area contributed by atoms with Gasteiger partial charge in [0.2, 0.25) is 0 Å². The maximum atomic E-state index is 15.2. The van der Waals surface area contributed by atoms with Crippen LogP contribution < -0.4 is 0 Å². The van der Waals surface area contributed by atoms with Crippen molar-refractivity contribution in [2.45, 2.75) is 58.3 Å². The first-order valence-electron chi connectivity index (χ1n) is 12.9. The summed E-state index contributed by atoms with van der Waals surface area (Å²) in [6.07, 6.45) is 4.63. The Labute approximate surface area is 219 Å². The van der Waals surface area contributed by atoms with Crippen molar-refractivity contribution in [1.29, 1.82) is 5.26 Å². The molecule has 0 saturated heterocycles. The lowest BCUT2D eigenvalue weighted by Gasteiger charge is -2.11. The number of nitrogens with zero attached hydrogens (tertiary/aromatic N) is 1. The summed E-state index contributed by atoms with van der Waals surface area (Å²) >= 11 is 0. The van der Waals surface area contributed by atoms with Crippen molar-refractivity contribution in [3.8, 4) is 6.07 Å². The second-order valence-electron chi connectivity index (χ2n) is 9.64. The summed E-state index contributed by atoms with van der Waals surface area (Å²) in [7, 11) is 0. The lowest BCUT2D eigenvalue weighted by molar-refractivity contribution is 0.550. The highest BCUT2D eigenvalue weighted by Crippen LogP contribution is 2.26. The van der Waals surface area contributed by atoms with Crippen molar-refractivity contribution < 1.29 is 22.0 Å². The van der Waals surface area contributed by atoms with Gasteiger partial charge in [-0.3, -0.25) is 0 Å². The van der Waals surface area contributed by atoms with Gasteiger partial charge in [0.15, 0.2) is 0 Å². The van der Waals surface area contributed by atoms with E-state index in [9.17, 15) is 17.6 Å². The molecule has 0 aliphatic heterocycles. The number of benzene rings is 4. The lowest BCUT2D eigenvalue weighted by atomic mass is 9.96. The van der Waals surface area contributed by atoms with Crippen molar-refractivity contribution in [3.63, 3.8) is 0 Å². The number of nitriles is 1. The van der Waals surface area contributed by atoms with Gasteiger partial charge in [-0.2, -0.15) is 5.26 Å². The third-order valence-electron chi connectivity index (χ3n) is 6.93. The number of rotatable bonds is 10. The summed E-state index contributed by atoms with van der Waals surface area (Å²) in [5.74, 6) is -3.35. The number of hydrogen-bond acceptors (Lipinski definition) is 1. The van der Waals surface area contributed by atoms with Gasteiger partial charge >= 0.3 is 0 Å². The molecule has 4 aromatic carbocycles. The summed E-state index contributed by atoms with van der Waals surface area (Å²) in [5, 5.41) is 9.86. The third kappa shape index (κ3) is 6.22. The summed E-state index contributed by atoms with van der Waals surface area (Å²) in [5.41, 5.74) is 1.66. The van der Waals surface area contributed by atoms with E-state index in [1.54, 1.807) is 24.3 Å². The summed E-state index contributed by atoms with van der Waals surface area (Å²) in [6, 6.07) is 15.1. The normalized spacial score (nSPS) is 11.2. The zero-order valence-electron chi connectivity index (χ0n) is 21.2. The van der Waals surface area contributed by atoms with Crippen molar-refractivity contribution in [2.75, 3.05) is 0 Å². The van der Waals surface area contributed by atoms with E-state index in [1.165, 1.54) is 18.2 Å². The lowest BCUT2D eigenvalue weighted by Crippen LogP contribution is -2.02. The Hall–Kier alpha value is -3.72. The van der Waals surface area contributed by atoms with Crippen LogP contribution in [-0.2, 0) is 32.1 Å². The van der Waals surface area contributed by atoms with Gasteiger partial charge in [0.1, 0.15) is 40.7 Å². The first kappa shape index (κ1) is 27.3. The van der Waals surface area contributed by atoms with E-state index in [0.29, 0.717) is 40.3 Å². The van der Waals surface area contributed by atoms with E-state index in [-0.39, 0.29) is 24.8 Å². The second-order valence-corrected chi connectivity index (χ2v) is 9.64. The fraction of sp³-hybridized carbons (Fsp3) is 0.281. The standard InChI is InChI=1S/C32H28F5N/c1-2-3-4-5-21-15-28(33)26(29(34)16-21)13-8-20-7-12-25-24(14-20)11-10-23(32(25)37)9-6-22-17-30(35)27(19-38)31(36)18-22/h7,10-12,14-18H,2-6,8-9,13H2,1H3. The Bertz CT molecular complexity index is 1460. The van der Waals surface area contributed by atoms with Gasteiger partial charge in [-0.15, -0.1) is 0 Å². The van der Waals surface area contributed by atoms with Crippen molar-refractivity contribution in [3.05, 3.63) is 117 Å². The predicted octanol–water partition coefficient (Wildman–Crippen LogP) is 8.71. The van der Waals surface area contributed by atoms with Crippen molar-refractivity contribution in [2.24, 2.45) is 0 Å². The van der Waals surface area contributed by atoms with Crippen molar-refractivity contribution in [1.82, 2.24) is 0 Å². The zero-order chi connectivity index (χ0) is 27.2. The molecule has 0 aromatic heterocycles. The Morgan fingerprint density at radius 3 is 1.92 bits per heavy atom. The van der Waals surface area contributed by atoms with Crippen LogP contribution in [0.25, 0.3) is 10.8 Å². The molecule has 0 atom stereocenters. The maximum Gasteiger partial charge on any atom is 0.144 e. The number of aryl methyl sites for hydroxylation is 4. The van der Waals surface area contributed by atoms with Crippen LogP contribution in [0.5, 0.6) is 0 Å². The number of unbranched alkanes of at least 4 members (excludes halogenated alkanes) is 2. The molecule has 0 saturated carbocycles. The van der Waals surface area contributed by atoms with Gasteiger partial charge in [0.05, 0.1) is 0 Å². The highest BCUT2D eigenvalue weighted by molar-refractivity contribution is 5.84. The summed E-state index contributed by atoms with van der Waals surface area (Å²) in [6.45, 7) is 2.08. The number of halogens is 5. The number of hydrogen-bond donors (Lipinski definition) is 0.